The molecule has 1 N–H and O–H groups in total. The van der Waals surface area contributed by atoms with Crippen LogP contribution in [0, 0.1) is 0 Å². The van der Waals surface area contributed by atoms with Gasteiger partial charge in [-0.2, -0.15) is 0 Å². The van der Waals surface area contributed by atoms with Gasteiger partial charge in [-0.25, -0.2) is 4.79 Å². The molecule has 0 atom stereocenters. The zero-order valence-corrected chi connectivity index (χ0v) is 8.60. The van der Waals surface area contributed by atoms with Crippen molar-refractivity contribution in [3.8, 4) is 0 Å². The molecule has 0 unspecified atom stereocenters. The standard InChI is InChI=1S/C14H10O2/c15-14(16)12-8-7-10-4-1-3-9-5-2-6-11(12)13(9)10/h1-6,8H,7H2,(H,15,16). The van der Waals surface area contributed by atoms with Crippen LogP contribution >= 0.6 is 0 Å². The number of hydrogen-bond acceptors (Lipinski definition) is 1. The lowest BCUT2D eigenvalue weighted by molar-refractivity contribution is -0.130. The lowest BCUT2D eigenvalue weighted by Crippen LogP contribution is -2.05. The number of benzene rings is 2. The van der Waals surface area contributed by atoms with Gasteiger partial charge in [-0.05, 0) is 28.3 Å². The highest BCUT2D eigenvalue weighted by Crippen LogP contribution is 2.32. The summed E-state index contributed by atoms with van der Waals surface area (Å²) in [5.74, 6) is -0.845. The predicted molar refractivity (Wildman–Crippen MR) is 63.3 cm³/mol. The van der Waals surface area contributed by atoms with E-state index in [1.807, 2.05) is 30.3 Å². The minimum absolute atomic E-state index is 0.421. The summed E-state index contributed by atoms with van der Waals surface area (Å²) in [5, 5.41) is 11.3. The van der Waals surface area contributed by atoms with Gasteiger partial charge in [0.05, 0.1) is 5.57 Å². The van der Waals surface area contributed by atoms with Crippen molar-refractivity contribution in [2.24, 2.45) is 0 Å². The Morgan fingerprint density at radius 1 is 1.12 bits per heavy atom. The maximum Gasteiger partial charge on any atom is 0.336 e. The summed E-state index contributed by atoms with van der Waals surface area (Å²) in [4.78, 5) is 11.1. The molecule has 0 aromatic heterocycles. The number of carboxylic acids is 1. The molecule has 0 saturated carbocycles. The van der Waals surface area contributed by atoms with Crippen LogP contribution in [0.3, 0.4) is 0 Å². The van der Waals surface area contributed by atoms with Crippen LogP contribution in [0.25, 0.3) is 16.3 Å². The average molecular weight is 210 g/mol. The molecule has 2 aromatic rings. The largest absolute Gasteiger partial charge is 0.478 e. The van der Waals surface area contributed by atoms with Crippen molar-refractivity contribution >= 4 is 22.3 Å². The first-order valence-electron chi connectivity index (χ1n) is 5.22. The summed E-state index contributed by atoms with van der Waals surface area (Å²) in [5.41, 5.74) is 2.47. The van der Waals surface area contributed by atoms with Gasteiger partial charge in [0.2, 0.25) is 0 Å². The minimum Gasteiger partial charge on any atom is -0.478 e. The first kappa shape index (κ1) is 9.16. The fourth-order valence-electron chi connectivity index (χ4n) is 2.34. The smallest absolute Gasteiger partial charge is 0.336 e. The Morgan fingerprint density at radius 2 is 1.88 bits per heavy atom. The van der Waals surface area contributed by atoms with Gasteiger partial charge >= 0.3 is 5.97 Å². The second-order valence-corrected chi connectivity index (χ2v) is 3.95. The van der Waals surface area contributed by atoms with E-state index in [4.69, 9.17) is 5.11 Å². The Labute approximate surface area is 92.8 Å². The van der Waals surface area contributed by atoms with E-state index in [2.05, 4.69) is 6.07 Å². The first-order valence-corrected chi connectivity index (χ1v) is 5.22. The predicted octanol–water partition coefficient (Wildman–Crippen LogP) is 2.86. The van der Waals surface area contributed by atoms with Crippen molar-refractivity contribution in [2.75, 3.05) is 0 Å². The Hall–Kier alpha value is -2.09. The van der Waals surface area contributed by atoms with E-state index in [0.29, 0.717) is 12.0 Å². The van der Waals surface area contributed by atoms with Gasteiger partial charge in [-0.15, -0.1) is 0 Å². The highest BCUT2D eigenvalue weighted by atomic mass is 16.4. The Kier molecular flexibility index (Phi) is 1.83. The van der Waals surface area contributed by atoms with E-state index in [-0.39, 0.29) is 0 Å². The van der Waals surface area contributed by atoms with E-state index >= 15 is 0 Å². The maximum atomic E-state index is 11.1. The molecule has 0 bridgehead atoms. The fraction of sp³-hybridized carbons (Fsp3) is 0.0714. The van der Waals surface area contributed by atoms with Crippen LogP contribution in [0.5, 0.6) is 0 Å². The van der Waals surface area contributed by atoms with Crippen molar-refractivity contribution in [1.29, 1.82) is 0 Å². The minimum atomic E-state index is -0.845. The molecule has 0 fully saturated rings. The van der Waals surface area contributed by atoms with Crippen molar-refractivity contribution < 1.29 is 9.90 Å². The van der Waals surface area contributed by atoms with Gasteiger partial charge in [0.25, 0.3) is 0 Å². The second kappa shape index (κ2) is 3.20. The third kappa shape index (κ3) is 1.16. The Balaban J connectivity index is 2.41. The summed E-state index contributed by atoms with van der Waals surface area (Å²) < 4.78 is 0. The van der Waals surface area contributed by atoms with Crippen LogP contribution in [-0.4, -0.2) is 11.1 Å². The summed E-state index contributed by atoms with van der Waals surface area (Å²) in [6.07, 6.45) is 2.50. The molecular formula is C14H10O2. The van der Waals surface area contributed by atoms with Crippen LogP contribution in [-0.2, 0) is 11.2 Å². The quantitative estimate of drug-likeness (QED) is 0.785. The molecule has 2 aromatic carbocycles. The Bertz CT molecular complexity index is 618. The van der Waals surface area contributed by atoms with Crippen LogP contribution in [0.2, 0.25) is 0 Å². The summed E-state index contributed by atoms with van der Waals surface area (Å²) in [6, 6.07) is 11.9. The lowest BCUT2D eigenvalue weighted by atomic mass is 9.88. The first-order chi connectivity index (χ1) is 7.77. The summed E-state index contributed by atoms with van der Waals surface area (Å²) in [6.45, 7) is 0. The van der Waals surface area contributed by atoms with E-state index in [1.54, 1.807) is 6.08 Å². The molecule has 0 saturated heterocycles. The van der Waals surface area contributed by atoms with Crippen LogP contribution in [0.1, 0.15) is 11.1 Å². The highest BCUT2D eigenvalue weighted by molar-refractivity contribution is 6.20. The maximum absolute atomic E-state index is 11.1. The lowest BCUT2D eigenvalue weighted by Gasteiger charge is -2.15. The number of aliphatic carboxylic acids is 1. The van der Waals surface area contributed by atoms with Gasteiger partial charge in [0, 0.05) is 0 Å². The SMILES string of the molecule is O=C(O)C1=CCc2cccc3cccc1c23. The van der Waals surface area contributed by atoms with E-state index in [9.17, 15) is 4.79 Å². The van der Waals surface area contributed by atoms with Crippen molar-refractivity contribution in [3.63, 3.8) is 0 Å². The molecule has 1 aliphatic carbocycles. The third-order valence-electron chi connectivity index (χ3n) is 3.04. The van der Waals surface area contributed by atoms with Crippen LogP contribution in [0.15, 0.2) is 42.5 Å². The van der Waals surface area contributed by atoms with Gasteiger partial charge < -0.3 is 5.11 Å². The van der Waals surface area contributed by atoms with Crippen LogP contribution < -0.4 is 0 Å². The van der Waals surface area contributed by atoms with Crippen molar-refractivity contribution in [1.82, 2.24) is 0 Å². The second-order valence-electron chi connectivity index (χ2n) is 3.95. The molecule has 0 amide bonds. The van der Waals surface area contributed by atoms with Crippen molar-refractivity contribution in [3.05, 3.63) is 53.6 Å². The molecule has 2 heteroatoms. The van der Waals surface area contributed by atoms with Gasteiger partial charge in [0.1, 0.15) is 0 Å². The molecule has 3 rings (SSSR count). The molecule has 1 aliphatic rings. The normalized spacial score (nSPS) is 13.6. The number of allylic oxidation sites excluding steroid dienone is 1. The van der Waals surface area contributed by atoms with Gasteiger partial charge in [-0.1, -0.05) is 42.5 Å². The molecule has 0 spiro atoms. The molecule has 0 heterocycles. The van der Waals surface area contributed by atoms with Gasteiger partial charge in [0.15, 0.2) is 0 Å². The molecule has 0 radical (unpaired) electrons. The van der Waals surface area contributed by atoms with E-state index in [1.165, 1.54) is 5.56 Å². The topological polar surface area (TPSA) is 37.3 Å². The zero-order valence-electron chi connectivity index (χ0n) is 8.60. The summed E-state index contributed by atoms with van der Waals surface area (Å²) in [7, 11) is 0. The van der Waals surface area contributed by atoms with Gasteiger partial charge in [-0.3, -0.25) is 0 Å². The number of hydrogen-bond donors (Lipinski definition) is 1. The molecular weight excluding hydrogens is 200 g/mol. The number of carboxylic acid groups (broad SMARTS) is 1. The molecule has 2 nitrogen and oxygen atoms in total. The van der Waals surface area contributed by atoms with Crippen LogP contribution in [0.4, 0.5) is 0 Å². The monoisotopic (exact) mass is 210 g/mol. The van der Waals surface area contributed by atoms with E-state index in [0.717, 1.165) is 16.3 Å². The number of rotatable bonds is 1. The molecule has 78 valence electrons. The molecule has 16 heavy (non-hydrogen) atoms. The zero-order chi connectivity index (χ0) is 11.1. The highest BCUT2D eigenvalue weighted by Gasteiger charge is 2.18. The average Bonchev–Trinajstić information content (AvgIpc) is 2.30. The van der Waals surface area contributed by atoms with E-state index < -0.39 is 5.97 Å². The molecule has 0 aliphatic heterocycles. The third-order valence-corrected chi connectivity index (χ3v) is 3.04. The number of carbonyl (C=O) groups is 1. The Morgan fingerprint density at radius 3 is 2.62 bits per heavy atom. The fourth-order valence-corrected chi connectivity index (χ4v) is 2.34. The summed E-state index contributed by atoms with van der Waals surface area (Å²) >= 11 is 0. The van der Waals surface area contributed by atoms with Crippen molar-refractivity contribution in [2.45, 2.75) is 6.42 Å².